The Balaban J connectivity index is -0.0000000125. The third-order valence-corrected chi connectivity index (χ3v) is 0.464. The maximum atomic E-state index is 9.60. The Morgan fingerprint density at radius 3 is 1.89 bits per heavy atom. The van der Waals surface area contributed by atoms with E-state index in [4.69, 9.17) is 5.11 Å². The first-order valence-electron chi connectivity index (χ1n) is 1.99. The van der Waals surface area contributed by atoms with E-state index in [0.29, 0.717) is 6.42 Å². The summed E-state index contributed by atoms with van der Waals surface area (Å²) >= 11 is 0. The van der Waals surface area contributed by atoms with Crippen LogP contribution in [0.5, 0.6) is 0 Å². The topological polar surface area (TPSA) is 100 Å². The summed E-state index contributed by atoms with van der Waals surface area (Å²) in [5.74, 6) is -0.711. The van der Waals surface area contributed by atoms with Crippen molar-refractivity contribution in [1.29, 1.82) is 0 Å². The Hall–Kier alpha value is 0.156. The van der Waals surface area contributed by atoms with Crippen LogP contribution in [0, 0.1) is 0 Å². The number of aliphatic carboxylic acids is 1. The van der Waals surface area contributed by atoms with Gasteiger partial charge in [-0.1, -0.05) is 6.92 Å². The number of carboxylic acid groups (broad SMARTS) is 1. The molecule has 0 spiro atoms. The molecule has 0 rings (SSSR count). The third kappa shape index (κ3) is 31.0. The van der Waals surface area contributed by atoms with Gasteiger partial charge >= 0.3 is 29.0 Å². The van der Waals surface area contributed by atoms with E-state index < -0.39 is 5.97 Å². The molecule has 0 aliphatic carbocycles. The van der Waals surface area contributed by atoms with Crippen molar-refractivity contribution in [2.24, 2.45) is 0 Å². The average molecular weight is 150 g/mol. The van der Waals surface area contributed by atoms with Crippen LogP contribution in [-0.4, -0.2) is 45.1 Å². The van der Waals surface area contributed by atoms with Gasteiger partial charge in [-0.3, -0.25) is 4.79 Å². The van der Waals surface area contributed by atoms with Crippen LogP contribution in [0.3, 0.4) is 0 Å². The van der Waals surface area contributed by atoms with E-state index in [1.807, 2.05) is 6.92 Å². The van der Waals surface area contributed by atoms with Gasteiger partial charge in [-0.2, -0.15) is 0 Å². The number of carbonyl (C=O) groups is 1. The maximum Gasteiger partial charge on any atom is 2.00 e. The fourth-order valence-corrected chi connectivity index (χ4v) is 0.214. The molecule has 5 N–H and O–H groups in total. The molecule has 0 saturated heterocycles. The quantitative estimate of drug-likeness (QED) is 0.514. The van der Waals surface area contributed by atoms with Crippen molar-refractivity contribution in [3.63, 3.8) is 0 Å². The Kier molecular flexibility index (Phi) is 40.0. The van der Waals surface area contributed by atoms with Crippen LogP contribution in [0.4, 0.5) is 0 Å². The smallest absolute Gasteiger partial charge is 1.00 e. The second-order valence-electron chi connectivity index (χ2n) is 1.14. The number of hydrogen-bond donors (Lipinski definition) is 1. The van der Waals surface area contributed by atoms with Gasteiger partial charge in [-0.05, 0) is 6.42 Å². The molecule has 0 aliphatic heterocycles. The number of rotatable bonds is 2. The third-order valence-electron chi connectivity index (χ3n) is 0.464. The van der Waals surface area contributed by atoms with Gasteiger partial charge in [-0.15, -0.1) is 0 Å². The van der Waals surface area contributed by atoms with Crippen LogP contribution >= 0.6 is 0 Å². The first-order valence-corrected chi connectivity index (χ1v) is 1.99. The summed E-state index contributed by atoms with van der Waals surface area (Å²) in [6.45, 7) is 1.84. The molecule has 0 amide bonds. The van der Waals surface area contributed by atoms with Gasteiger partial charge in [0.05, 0.1) is 0 Å². The maximum absolute atomic E-state index is 9.60. The molecule has 0 radical (unpaired) electrons. The van der Waals surface area contributed by atoms with Gasteiger partial charge < -0.3 is 18.9 Å². The van der Waals surface area contributed by atoms with Crippen molar-refractivity contribution in [3.05, 3.63) is 0 Å². The van der Waals surface area contributed by atoms with E-state index in [0.717, 1.165) is 6.42 Å². The number of hydrogen-bond acceptors (Lipinski definition) is 1. The van der Waals surface area contributed by atoms with Gasteiger partial charge in [0.2, 0.25) is 0 Å². The van der Waals surface area contributed by atoms with Crippen LogP contribution in [0.2, 0.25) is 0 Å². The largest absolute Gasteiger partial charge is 2.00 e. The second kappa shape index (κ2) is 15.7. The summed E-state index contributed by atoms with van der Waals surface area (Å²) in [4.78, 5) is 9.60. The molecule has 0 unspecified atom stereocenters. The molecule has 0 atom stereocenters. The van der Waals surface area contributed by atoms with E-state index in [-0.39, 0.29) is 36.9 Å². The molecule has 0 aromatic heterocycles. The SMILES string of the molecule is CCCC(=O)O.O.O.[H-].[H-].[Mg+2]. The first kappa shape index (κ1) is 22.9. The van der Waals surface area contributed by atoms with Crippen molar-refractivity contribution in [2.75, 3.05) is 0 Å². The van der Waals surface area contributed by atoms with Crippen LogP contribution < -0.4 is 0 Å². The summed E-state index contributed by atoms with van der Waals surface area (Å²) in [6, 6.07) is 0. The standard InChI is InChI=1S/C4H8O2.Mg.2H2O.2H/c1-2-3-4(5)6;;;;;/h2-3H2,1H3,(H,5,6);;2*1H2;;/q;+2;;;2*-1. The van der Waals surface area contributed by atoms with Crippen molar-refractivity contribution in [1.82, 2.24) is 0 Å². The molecule has 0 heterocycles. The Morgan fingerprint density at radius 1 is 1.56 bits per heavy atom. The minimum Gasteiger partial charge on any atom is -1.00 e. The first-order chi connectivity index (χ1) is 2.77. The van der Waals surface area contributed by atoms with Crippen molar-refractivity contribution >= 4 is 29.0 Å². The van der Waals surface area contributed by atoms with Crippen molar-refractivity contribution in [3.8, 4) is 0 Å². The zero-order valence-electron chi connectivity index (χ0n) is 7.48. The van der Waals surface area contributed by atoms with E-state index in [1.165, 1.54) is 0 Å². The molecular formula is C4H14MgO4. The Bertz CT molecular complexity index is 64.1. The molecule has 0 bridgehead atoms. The van der Waals surface area contributed by atoms with E-state index in [2.05, 4.69) is 0 Å². The van der Waals surface area contributed by atoms with Gasteiger partial charge in [0.1, 0.15) is 0 Å². The molecule has 0 saturated carbocycles. The van der Waals surface area contributed by atoms with Gasteiger partial charge in [-0.25, -0.2) is 0 Å². The van der Waals surface area contributed by atoms with E-state index >= 15 is 0 Å². The van der Waals surface area contributed by atoms with E-state index in [1.54, 1.807) is 0 Å². The zero-order valence-corrected chi connectivity index (χ0v) is 6.89. The molecule has 0 fully saturated rings. The molecule has 9 heavy (non-hydrogen) atoms. The van der Waals surface area contributed by atoms with E-state index in [9.17, 15) is 4.79 Å². The molecule has 0 aromatic rings. The van der Waals surface area contributed by atoms with Gasteiger partial charge in [0, 0.05) is 6.42 Å². The average Bonchev–Trinajstić information content (AvgIpc) is 1.35. The summed E-state index contributed by atoms with van der Waals surface area (Å²) in [6.07, 6.45) is 1.02. The molecule has 56 valence electrons. The Labute approximate surface area is 73.0 Å². The molecular weight excluding hydrogens is 136 g/mol. The molecule has 4 nitrogen and oxygen atoms in total. The second-order valence-corrected chi connectivity index (χ2v) is 1.14. The summed E-state index contributed by atoms with van der Waals surface area (Å²) in [7, 11) is 0. The van der Waals surface area contributed by atoms with Crippen molar-refractivity contribution in [2.45, 2.75) is 19.8 Å². The summed E-state index contributed by atoms with van der Waals surface area (Å²) in [5, 5.41) is 7.91. The predicted molar refractivity (Wildman–Crippen MR) is 37.7 cm³/mol. The Morgan fingerprint density at radius 2 is 1.89 bits per heavy atom. The summed E-state index contributed by atoms with van der Waals surface area (Å²) in [5.41, 5.74) is 0. The molecule has 5 heteroatoms. The van der Waals surface area contributed by atoms with Crippen LogP contribution in [-0.2, 0) is 4.79 Å². The number of carboxylic acids is 1. The van der Waals surface area contributed by atoms with Gasteiger partial charge in [0.25, 0.3) is 0 Å². The van der Waals surface area contributed by atoms with Crippen LogP contribution in [0.25, 0.3) is 0 Å². The minimum absolute atomic E-state index is 0. The normalized spacial score (nSPS) is 5.44. The fourth-order valence-electron chi connectivity index (χ4n) is 0.214. The fraction of sp³-hybridized carbons (Fsp3) is 0.750. The zero-order chi connectivity index (χ0) is 4.99. The van der Waals surface area contributed by atoms with Crippen LogP contribution in [0.15, 0.2) is 0 Å². The summed E-state index contributed by atoms with van der Waals surface area (Å²) < 4.78 is 0. The predicted octanol–water partition coefficient (Wildman–Crippen LogP) is -0.934. The molecule has 0 aliphatic rings. The van der Waals surface area contributed by atoms with Crippen molar-refractivity contribution < 1.29 is 23.7 Å². The van der Waals surface area contributed by atoms with Gasteiger partial charge in [0.15, 0.2) is 0 Å². The van der Waals surface area contributed by atoms with Crippen LogP contribution in [0.1, 0.15) is 22.6 Å². The minimum atomic E-state index is -0.711. The molecule has 0 aromatic carbocycles. The monoisotopic (exact) mass is 150 g/mol.